The van der Waals surface area contributed by atoms with E-state index in [0.29, 0.717) is 19.7 Å². The van der Waals surface area contributed by atoms with Gasteiger partial charge in [0.25, 0.3) is 0 Å². The Morgan fingerprint density at radius 2 is 1.83 bits per heavy atom. The summed E-state index contributed by atoms with van der Waals surface area (Å²) in [5.41, 5.74) is 1.74. The first-order chi connectivity index (χ1) is 10.5. The molecule has 0 aliphatic heterocycles. The van der Waals surface area contributed by atoms with Gasteiger partial charge in [0.15, 0.2) is 0 Å². The molecule has 0 bridgehead atoms. The van der Waals surface area contributed by atoms with Crippen LogP contribution in [0.4, 0.5) is 5.69 Å². The number of hydrogen-bond acceptors (Lipinski definition) is 4. The van der Waals surface area contributed by atoms with Crippen LogP contribution >= 0.6 is 12.4 Å². The predicted molar refractivity (Wildman–Crippen MR) is 93.8 cm³/mol. The summed E-state index contributed by atoms with van der Waals surface area (Å²) < 4.78 is 4.88. The van der Waals surface area contributed by atoms with Crippen LogP contribution in [0.2, 0.25) is 0 Å². The van der Waals surface area contributed by atoms with Gasteiger partial charge >= 0.3 is 0 Å². The molecule has 0 aliphatic carbocycles. The lowest BCUT2D eigenvalue weighted by molar-refractivity contribution is -0.120. The zero-order chi connectivity index (χ0) is 16.4. The van der Waals surface area contributed by atoms with Gasteiger partial charge in [0.1, 0.15) is 0 Å². The van der Waals surface area contributed by atoms with Gasteiger partial charge in [-0.15, -0.1) is 12.4 Å². The summed E-state index contributed by atoms with van der Waals surface area (Å²) in [6.07, 6.45) is 0. The fourth-order valence-corrected chi connectivity index (χ4v) is 1.63. The van der Waals surface area contributed by atoms with Gasteiger partial charge in [0.05, 0.1) is 13.2 Å². The van der Waals surface area contributed by atoms with Crippen molar-refractivity contribution in [3.8, 4) is 0 Å². The average molecular weight is 344 g/mol. The highest BCUT2D eigenvalue weighted by Crippen LogP contribution is 2.10. The quantitative estimate of drug-likeness (QED) is 0.594. The number of carbonyl (C=O) groups is 2. The Labute approximate surface area is 143 Å². The number of amides is 2. The Morgan fingerprint density at radius 1 is 1.17 bits per heavy atom. The Morgan fingerprint density at radius 3 is 2.39 bits per heavy atom. The maximum absolute atomic E-state index is 11.6. The first-order valence-corrected chi connectivity index (χ1v) is 7.39. The Kier molecular flexibility index (Phi) is 11.0. The zero-order valence-electron chi connectivity index (χ0n) is 13.8. The molecule has 0 spiro atoms. The molecule has 6 nitrogen and oxygen atoms in total. The number of benzene rings is 1. The molecule has 0 fully saturated rings. The largest absolute Gasteiger partial charge is 0.383 e. The lowest BCUT2D eigenvalue weighted by Crippen LogP contribution is -2.34. The van der Waals surface area contributed by atoms with Crippen molar-refractivity contribution in [2.24, 2.45) is 5.92 Å². The Balaban J connectivity index is 0.00000484. The maximum Gasteiger partial charge on any atom is 0.234 e. The van der Waals surface area contributed by atoms with Crippen molar-refractivity contribution in [1.82, 2.24) is 10.6 Å². The van der Waals surface area contributed by atoms with E-state index in [1.54, 1.807) is 7.11 Å². The van der Waals surface area contributed by atoms with Gasteiger partial charge in [0, 0.05) is 31.8 Å². The van der Waals surface area contributed by atoms with E-state index >= 15 is 0 Å². The van der Waals surface area contributed by atoms with Crippen molar-refractivity contribution in [3.63, 3.8) is 0 Å². The second kappa shape index (κ2) is 11.9. The molecular weight excluding hydrogens is 318 g/mol. The minimum atomic E-state index is -0.0618. The van der Waals surface area contributed by atoms with E-state index in [2.05, 4.69) is 16.0 Å². The number of anilines is 1. The van der Waals surface area contributed by atoms with Crippen molar-refractivity contribution in [2.45, 2.75) is 20.4 Å². The van der Waals surface area contributed by atoms with E-state index in [-0.39, 0.29) is 36.7 Å². The van der Waals surface area contributed by atoms with E-state index in [1.807, 2.05) is 38.1 Å². The summed E-state index contributed by atoms with van der Waals surface area (Å²) in [6, 6.07) is 7.43. The van der Waals surface area contributed by atoms with Crippen LogP contribution in [0.3, 0.4) is 0 Å². The van der Waals surface area contributed by atoms with Gasteiger partial charge in [-0.1, -0.05) is 26.0 Å². The molecule has 1 aromatic carbocycles. The van der Waals surface area contributed by atoms with E-state index in [4.69, 9.17) is 4.74 Å². The lowest BCUT2D eigenvalue weighted by Gasteiger charge is -2.09. The minimum Gasteiger partial charge on any atom is -0.383 e. The van der Waals surface area contributed by atoms with Crippen molar-refractivity contribution in [2.75, 3.05) is 32.1 Å². The molecule has 130 valence electrons. The van der Waals surface area contributed by atoms with Crippen molar-refractivity contribution in [3.05, 3.63) is 29.8 Å². The molecule has 2 amide bonds. The van der Waals surface area contributed by atoms with E-state index in [1.165, 1.54) is 0 Å². The second-order valence-electron chi connectivity index (χ2n) is 5.29. The number of ether oxygens (including phenoxy) is 1. The highest BCUT2D eigenvalue weighted by atomic mass is 35.5. The second-order valence-corrected chi connectivity index (χ2v) is 5.29. The third-order valence-electron chi connectivity index (χ3n) is 3.00. The molecule has 0 aliphatic rings. The highest BCUT2D eigenvalue weighted by molar-refractivity contribution is 5.92. The molecule has 0 radical (unpaired) electrons. The van der Waals surface area contributed by atoms with Crippen LogP contribution < -0.4 is 16.0 Å². The SMILES string of the molecule is COCCNCC(=O)NCc1ccc(NC(=O)C(C)C)cc1.Cl. The van der Waals surface area contributed by atoms with Crippen LogP contribution in [-0.4, -0.2) is 38.6 Å². The van der Waals surface area contributed by atoms with Crippen LogP contribution in [0, 0.1) is 5.92 Å². The van der Waals surface area contributed by atoms with Crippen molar-refractivity contribution >= 4 is 29.9 Å². The van der Waals surface area contributed by atoms with Gasteiger partial charge in [-0.2, -0.15) is 0 Å². The standard InChI is InChI=1S/C16H25N3O3.ClH/c1-12(2)16(21)19-14-6-4-13(5-7-14)10-18-15(20)11-17-8-9-22-3;/h4-7,12,17H,8-11H2,1-3H3,(H,18,20)(H,19,21);1H. The number of nitrogens with one attached hydrogen (secondary N) is 3. The van der Waals surface area contributed by atoms with Crippen LogP contribution in [-0.2, 0) is 20.9 Å². The van der Waals surface area contributed by atoms with Gasteiger partial charge in [-0.05, 0) is 17.7 Å². The van der Waals surface area contributed by atoms with Gasteiger partial charge in [0.2, 0.25) is 11.8 Å². The summed E-state index contributed by atoms with van der Waals surface area (Å²) in [6.45, 7) is 5.65. The third kappa shape index (κ3) is 9.18. The molecule has 7 heteroatoms. The highest BCUT2D eigenvalue weighted by Gasteiger charge is 2.07. The molecule has 23 heavy (non-hydrogen) atoms. The summed E-state index contributed by atoms with van der Waals surface area (Å²) in [4.78, 5) is 23.2. The van der Waals surface area contributed by atoms with E-state index in [0.717, 1.165) is 11.3 Å². The summed E-state index contributed by atoms with van der Waals surface area (Å²) in [5.74, 6) is -0.124. The number of methoxy groups -OCH3 is 1. The third-order valence-corrected chi connectivity index (χ3v) is 3.00. The fraction of sp³-hybridized carbons (Fsp3) is 0.500. The van der Waals surface area contributed by atoms with Crippen molar-refractivity contribution < 1.29 is 14.3 Å². The smallest absolute Gasteiger partial charge is 0.234 e. The topological polar surface area (TPSA) is 79.5 Å². The number of hydrogen-bond donors (Lipinski definition) is 3. The first-order valence-electron chi connectivity index (χ1n) is 7.39. The fourth-order valence-electron chi connectivity index (χ4n) is 1.63. The number of rotatable bonds is 9. The lowest BCUT2D eigenvalue weighted by atomic mass is 10.1. The maximum atomic E-state index is 11.6. The van der Waals surface area contributed by atoms with E-state index in [9.17, 15) is 9.59 Å². The zero-order valence-corrected chi connectivity index (χ0v) is 14.7. The Hall–Kier alpha value is -1.63. The van der Waals surface area contributed by atoms with Crippen LogP contribution in [0.15, 0.2) is 24.3 Å². The normalized spacial score (nSPS) is 10.1. The number of carbonyl (C=O) groups excluding carboxylic acids is 2. The molecule has 0 saturated heterocycles. The van der Waals surface area contributed by atoms with Crippen LogP contribution in [0.5, 0.6) is 0 Å². The molecule has 1 rings (SSSR count). The molecule has 0 aromatic heterocycles. The first kappa shape index (κ1) is 21.4. The minimum absolute atomic E-state index is 0. The predicted octanol–water partition coefficient (Wildman–Crippen LogP) is 1.56. The summed E-state index contributed by atoms with van der Waals surface area (Å²) in [5, 5.41) is 8.63. The molecular formula is C16H26ClN3O3. The Bertz CT molecular complexity index is 478. The van der Waals surface area contributed by atoms with Gasteiger partial charge < -0.3 is 20.7 Å². The van der Waals surface area contributed by atoms with Crippen molar-refractivity contribution in [1.29, 1.82) is 0 Å². The van der Waals surface area contributed by atoms with Gasteiger partial charge in [-0.25, -0.2) is 0 Å². The van der Waals surface area contributed by atoms with Crippen LogP contribution in [0.1, 0.15) is 19.4 Å². The molecule has 0 unspecified atom stereocenters. The monoisotopic (exact) mass is 343 g/mol. The van der Waals surface area contributed by atoms with E-state index < -0.39 is 0 Å². The molecule has 0 saturated carbocycles. The average Bonchev–Trinajstić information content (AvgIpc) is 2.50. The molecule has 3 N–H and O–H groups in total. The molecule has 1 aromatic rings. The number of halogens is 1. The summed E-state index contributed by atoms with van der Waals surface area (Å²) >= 11 is 0. The van der Waals surface area contributed by atoms with Gasteiger partial charge in [-0.3, -0.25) is 9.59 Å². The summed E-state index contributed by atoms with van der Waals surface area (Å²) in [7, 11) is 1.62. The molecule has 0 heterocycles. The molecule has 0 atom stereocenters. The van der Waals surface area contributed by atoms with Crippen LogP contribution in [0.25, 0.3) is 0 Å².